The molecule has 0 atom stereocenters. The van der Waals surface area contributed by atoms with Crippen molar-refractivity contribution in [3.05, 3.63) is 18.5 Å². The second kappa shape index (κ2) is 2.16. The van der Waals surface area contributed by atoms with E-state index in [0.29, 0.717) is 10.9 Å². The van der Waals surface area contributed by atoms with E-state index in [1.54, 1.807) is 18.5 Å². The van der Waals surface area contributed by atoms with E-state index in [2.05, 4.69) is 9.97 Å². The van der Waals surface area contributed by atoms with Crippen molar-refractivity contribution in [2.45, 2.75) is 0 Å². The zero-order valence-corrected chi connectivity index (χ0v) is 5.83. The van der Waals surface area contributed by atoms with Crippen LogP contribution < -0.4 is 10.9 Å². The van der Waals surface area contributed by atoms with Crippen molar-refractivity contribution in [2.24, 2.45) is 0 Å². The van der Waals surface area contributed by atoms with Crippen molar-refractivity contribution in [3.8, 4) is 0 Å². The van der Waals surface area contributed by atoms with Crippen molar-refractivity contribution in [1.82, 2.24) is 9.97 Å². The highest BCUT2D eigenvalue weighted by Gasteiger charge is 1.98. The topological polar surface area (TPSA) is 28.7 Å². The molecule has 0 saturated carbocycles. The lowest BCUT2D eigenvalue weighted by Gasteiger charge is -1.92. The average molecular weight is 138 g/mol. The van der Waals surface area contributed by atoms with Crippen LogP contribution in [0.5, 0.6) is 0 Å². The van der Waals surface area contributed by atoms with Crippen molar-refractivity contribution < 1.29 is 0 Å². The van der Waals surface area contributed by atoms with E-state index in [9.17, 15) is 0 Å². The van der Waals surface area contributed by atoms with Gasteiger partial charge in [-0.1, -0.05) is 17.0 Å². The fourth-order valence-corrected chi connectivity index (χ4v) is 1.04. The van der Waals surface area contributed by atoms with Crippen molar-refractivity contribution in [2.75, 3.05) is 0 Å². The smallest absolute Gasteiger partial charge is 0.136 e. The Kier molecular flexibility index (Phi) is 1.28. The van der Waals surface area contributed by atoms with Crippen LogP contribution in [0, 0.1) is 0 Å². The number of hydrogen-bond donors (Lipinski definition) is 1. The van der Waals surface area contributed by atoms with Gasteiger partial charge in [0.05, 0.1) is 0 Å². The van der Waals surface area contributed by atoms with Gasteiger partial charge in [-0.2, -0.15) is 0 Å². The number of rotatable bonds is 0. The van der Waals surface area contributed by atoms with E-state index >= 15 is 0 Å². The lowest BCUT2D eigenvalue weighted by Crippen LogP contribution is -2.05. The standard InChI is InChI=1S/C7H4B2N2/c8-4-1-5-6(9)3-11-7(5)10-2-4/h1-3H,(H,10,11). The van der Waals surface area contributed by atoms with Gasteiger partial charge in [0.2, 0.25) is 0 Å². The van der Waals surface area contributed by atoms with Crippen LogP contribution in [-0.2, 0) is 0 Å². The fraction of sp³-hybridized carbons (Fsp3) is 0. The SMILES string of the molecule is [B]c1cnc2[nH]cc([B])c2c1. The summed E-state index contributed by atoms with van der Waals surface area (Å²) in [7, 11) is 11.1. The zero-order valence-electron chi connectivity index (χ0n) is 5.83. The minimum Gasteiger partial charge on any atom is -0.347 e. The largest absolute Gasteiger partial charge is 0.347 e. The van der Waals surface area contributed by atoms with Crippen molar-refractivity contribution in [1.29, 1.82) is 0 Å². The minimum atomic E-state index is 0.629. The monoisotopic (exact) mass is 138 g/mol. The molecule has 0 bridgehead atoms. The molecule has 0 spiro atoms. The first kappa shape index (κ1) is 6.53. The van der Waals surface area contributed by atoms with Gasteiger partial charge in [0.25, 0.3) is 0 Å². The Morgan fingerprint density at radius 3 is 3.00 bits per heavy atom. The predicted octanol–water partition coefficient (Wildman–Crippen LogP) is -0.850. The van der Waals surface area contributed by atoms with Gasteiger partial charge < -0.3 is 4.98 Å². The third kappa shape index (κ3) is 0.946. The summed E-state index contributed by atoms with van der Waals surface area (Å²) < 4.78 is 0. The molecule has 0 aromatic carbocycles. The van der Waals surface area contributed by atoms with Crippen LogP contribution >= 0.6 is 0 Å². The highest BCUT2D eigenvalue weighted by atomic mass is 14.8. The maximum atomic E-state index is 5.62. The maximum absolute atomic E-state index is 5.62. The molecular formula is C7H4B2N2. The van der Waals surface area contributed by atoms with Crippen molar-refractivity contribution in [3.63, 3.8) is 0 Å². The molecule has 2 nitrogen and oxygen atoms in total. The van der Waals surface area contributed by atoms with Crippen LogP contribution in [-0.4, -0.2) is 25.7 Å². The van der Waals surface area contributed by atoms with Gasteiger partial charge in [-0.05, 0) is 6.20 Å². The van der Waals surface area contributed by atoms with Gasteiger partial charge >= 0.3 is 0 Å². The van der Waals surface area contributed by atoms with Crippen LogP contribution in [0.2, 0.25) is 0 Å². The summed E-state index contributed by atoms with van der Waals surface area (Å²) in [6.07, 6.45) is 3.30. The summed E-state index contributed by atoms with van der Waals surface area (Å²) >= 11 is 0. The number of nitrogens with zero attached hydrogens (tertiary/aromatic N) is 1. The van der Waals surface area contributed by atoms with E-state index in [1.165, 1.54) is 0 Å². The number of nitrogens with one attached hydrogen (secondary N) is 1. The Hall–Kier alpha value is -1.18. The number of pyridine rings is 1. The molecule has 4 radical (unpaired) electrons. The Morgan fingerprint density at radius 1 is 1.36 bits per heavy atom. The molecule has 2 aromatic rings. The highest BCUT2D eigenvalue weighted by Crippen LogP contribution is 2.01. The molecule has 0 aliphatic heterocycles. The molecule has 11 heavy (non-hydrogen) atoms. The van der Waals surface area contributed by atoms with Crippen LogP contribution in [0.25, 0.3) is 11.0 Å². The Morgan fingerprint density at radius 2 is 2.18 bits per heavy atom. The second-order valence-electron chi connectivity index (χ2n) is 2.41. The first-order valence-corrected chi connectivity index (χ1v) is 3.25. The van der Waals surface area contributed by atoms with E-state index < -0.39 is 0 Å². The maximum Gasteiger partial charge on any atom is 0.136 e. The van der Waals surface area contributed by atoms with Crippen LogP contribution in [0.15, 0.2) is 18.5 Å². The molecule has 48 valence electrons. The van der Waals surface area contributed by atoms with Crippen LogP contribution in [0.4, 0.5) is 0 Å². The van der Waals surface area contributed by atoms with Gasteiger partial charge in [-0.3, -0.25) is 0 Å². The lowest BCUT2D eigenvalue weighted by atomic mass is 9.92. The number of aromatic amines is 1. The van der Waals surface area contributed by atoms with Crippen LogP contribution in [0.1, 0.15) is 0 Å². The van der Waals surface area contributed by atoms with Gasteiger partial charge in [-0.15, -0.1) is 0 Å². The Bertz CT molecular complexity index is 394. The molecule has 4 heteroatoms. The molecule has 1 N–H and O–H groups in total. The lowest BCUT2D eigenvalue weighted by molar-refractivity contribution is 1.34. The molecule has 2 aromatic heterocycles. The predicted molar refractivity (Wildman–Crippen MR) is 46.9 cm³/mol. The molecule has 2 rings (SSSR count). The van der Waals surface area contributed by atoms with E-state index in [0.717, 1.165) is 11.0 Å². The van der Waals surface area contributed by atoms with Gasteiger partial charge in [0, 0.05) is 11.6 Å². The number of H-pyrrole nitrogens is 1. The molecule has 0 fully saturated rings. The quantitative estimate of drug-likeness (QED) is 0.471. The summed E-state index contributed by atoms with van der Waals surface area (Å²) in [6, 6.07) is 1.80. The third-order valence-electron chi connectivity index (χ3n) is 1.58. The van der Waals surface area contributed by atoms with Gasteiger partial charge in [-0.25, -0.2) is 4.98 Å². The summed E-state index contributed by atoms with van der Waals surface area (Å²) in [4.78, 5) is 6.96. The Balaban J connectivity index is 2.87. The van der Waals surface area contributed by atoms with Crippen LogP contribution in [0.3, 0.4) is 0 Å². The second-order valence-corrected chi connectivity index (χ2v) is 2.41. The first-order valence-electron chi connectivity index (χ1n) is 3.25. The molecular weight excluding hydrogens is 134 g/mol. The van der Waals surface area contributed by atoms with E-state index in [4.69, 9.17) is 15.7 Å². The fourth-order valence-electron chi connectivity index (χ4n) is 1.04. The molecule has 0 aliphatic carbocycles. The van der Waals surface area contributed by atoms with Crippen molar-refractivity contribution >= 4 is 37.7 Å². The number of hydrogen-bond acceptors (Lipinski definition) is 1. The average Bonchev–Trinajstić information content (AvgIpc) is 2.33. The molecule has 0 saturated heterocycles. The number of aromatic nitrogens is 2. The minimum absolute atomic E-state index is 0.629. The number of fused-ring (bicyclic) bond motifs is 1. The summed E-state index contributed by atoms with van der Waals surface area (Å²) in [5, 5.41) is 0.880. The van der Waals surface area contributed by atoms with Gasteiger partial charge in [0.1, 0.15) is 21.3 Å². The van der Waals surface area contributed by atoms with E-state index in [-0.39, 0.29) is 0 Å². The Labute approximate surface area is 66.8 Å². The summed E-state index contributed by atoms with van der Waals surface area (Å²) in [5.41, 5.74) is 2.08. The summed E-state index contributed by atoms with van der Waals surface area (Å²) in [5.74, 6) is 0. The third-order valence-corrected chi connectivity index (χ3v) is 1.58. The molecule has 0 aliphatic rings. The first-order chi connectivity index (χ1) is 5.27. The molecule has 0 amide bonds. The van der Waals surface area contributed by atoms with E-state index in [1.807, 2.05) is 0 Å². The van der Waals surface area contributed by atoms with Gasteiger partial charge in [0.15, 0.2) is 0 Å². The summed E-state index contributed by atoms with van der Waals surface area (Å²) in [6.45, 7) is 0. The molecule has 2 heterocycles. The normalized spacial score (nSPS) is 10.5. The molecule has 0 unspecified atom stereocenters. The zero-order chi connectivity index (χ0) is 7.84. The highest BCUT2D eigenvalue weighted by molar-refractivity contribution is 6.40.